The molecule has 0 radical (unpaired) electrons. The molecule has 0 saturated carbocycles. The second-order valence-electron chi connectivity index (χ2n) is 14.8. The Kier molecular flexibility index (Phi) is 10.7. The third-order valence-corrected chi connectivity index (χ3v) is 9.82. The van der Waals surface area contributed by atoms with Gasteiger partial charge in [-0.15, -0.1) is 0 Å². The van der Waals surface area contributed by atoms with Gasteiger partial charge in [0.2, 0.25) is 0 Å². The van der Waals surface area contributed by atoms with Gasteiger partial charge < -0.3 is 28.8 Å². The molecule has 2 aromatic carbocycles. The summed E-state index contributed by atoms with van der Waals surface area (Å²) in [6.45, 7) is 14.4. The summed E-state index contributed by atoms with van der Waals surface area (Å²) < 4.78 is 15.3. The van der Waals surface area contributed by atoms with Crippen molar-refractivity contribution in [3.63, 3.8) is 0 Å². The number of carbonyl (C=O) groups excluding carboxylic acids is 2. The Morgan fingerprint density at radius 2 is 1.19 bits per heavy atom. The summed E-state index contributed by atoms with van der Waals surface area (Å²) in [5.41, 5.74) is 4.29. The highest BCUT2D eigenvalue weighted by Crippen LogP contribution is 2.36. The Hall–Kier alpha value is -2.98. The van der Waals surface area contributed by atoms with Crippen molar-refractivity contribution < 1.29 is 19.1 Å². The Morgan fingerprint density at radius 1 is 0.723 bits per heavy atom. The van der Waals surface area contributed by atoms with Crippen LogP contribution in [0.15, 0.2) is 57.7 Å². The summed E-state index contributed by atoms with van der Waals surface area (Å²) in [5.74, 6) is 0.971. The number of nitrogens with zero attached hydrogens (tertiary/aromatic N) is 3. The number of carbonyl (C=O) groups is 2. The molecule has 2 amide bonds. The molecule has 2 aliphatic heterocycles. The SMILES string of the molecule is CC(C)(C)OC(=O)N1CCC(c2c[nH]c3ccc(Br)cc23)CC1.Cn1cc(C2CCN(C(=O)OC(C)(C)C)CC2)c2cc(Br)ccc21. The van der Waals surface area contributed by atoms with Crippen molar-refractivity contribution in [3.05, 3.63) is 68.9 Å². The van der Waals surface area contributed by atoms with Crippen molar-refractivity contribution in [2.24, 2.45) is 7.05 Å². The average Bonchev–Trinajstić information content (AvgIpc) is 3.56. The first-order valence-electron chi connectivity index (χ1n) is 16.5. The maximum atomic E-state index is 12.2. The molecule has 4 heterocycles. The van der Waals surface area contributed by atoms with Crippen molar-refractivity contribution in [2.45, 2.75) is 90.3 Å². The number of aromatic nitrogens is 2. The number of nitrogens with one attached hydrogen (secondary N) is 1. The number of rotatable bonds is 2. The summed E-state index contributed by atoms with van der Waals surface area (Å²) in [6.07, 6.45) is 7.86. The number of aromatic amines is 1. The number of likely N-dealkylation sites (tertiary alicyclic amines) is 2. The lowest BCUT2D eigenvalue weighted by atomic mass is 9.89. The molecule has 0 unspecified atom stereocenters. The van der Waals surface area contributed by atoms with Gasteiger partial charge in [0.05, 0.1) is 0 Å². The number of ether oxygens (including phenoxy) is 2. The van der Waals surface area contributed by atoms with Gasteiger partial charge in [-0.2, -0.15) is 0 Å². The number of aryl methyl sites for hydroxylation is 1. The fourth-order valence-corrected chi connectivity index (χ4v) is 7.29. The van der Waals surface area contributed by atoms with E-state index in [9.17, 15) is 9.59 Å². The Morgan fingerprint density at radius 3 is 1.70 bits per heavy atom. The summed E-state index contributed by atoms with van der Waals surface area (Å²) in [5, 5.41) is 2.58. The van der Waals surface area contributed by atoms with Crippen LogP contribution in [-0.4, -0.2) is 68.9 Å². The van der Waals surface area contributed by atoms with Crippen LogP contribution >= 0.6 is 31.9 Å². The van der Waals surface area contributed by atoms with E-state index in [2.05, 4.69) is 91.2 Å². The van der Waals surface area contributed by atoms with E-state index in [-0.39, 0.29) is 12.2 Å². The highest BCUT2D eigenvalue weighted by Gasteiger charge is 2.30. The lowest BCUT2D eigenvalue weighted by molar-refractivity contribution is 0.0194. The third kappa shape index (κ3) is 8.93. The standard InChI is InChI=1S/C19H25BrN2O2.C18H23BrN2O2/c1-19(2,3)24-18(23)22-9-7-13(8-10-22)16-12-21(4)17-6-5-14(20)11-15(16)17;1-18(2,3)23-17(22)21-8-6-12(7-9-21)15-11-20-16-5-4-13(19)10-14(15)16/h5-6,11-13H,7-10H2,1-4H3;4-5,10-12,20H,6-9H2,1-3H3. The molecular formula is C37H48Br2N4O4. The summed E-state index contributed by atoms with van der Waals surface area (Å²) in [7, 11) is 2.09. The highest BCUT2D eigenvalue weighted by atomic mass is 79.9. The lowest BCUT2D eigenvalue weighted by Crippen LogP contribution is -2.41. The maximum Gasteiger partial charge on any atom is 0.410 e. The van der Waals surface area contributed by atoms with Gasteiger partial charge in [-0.25, -0.2) is 9.59 Å². The molecule has 10 heteroatoms. The summed E-state index contributed by atoms with van der Waals surface area (Å²) in [6, 6.07) is 12.7. The van der Waals surface area contributed by atoms with Gasteiger partial charge in [0.15, 0.2) is 0 Å². The van der Waals surface area contributed by atoms with Crippen LogP contribution in [0.25, 0.3) is 21.8 Å². The van der Waals surface area contributed by atoms with Crippen molar-refractivity contribution >= 4 is 65.9 Å². The average molecular weight is 773 g/mol. The van der Waals surface area contributed by atoms with E-state index >= 15 is 0 Å². The van der Waals surface area contributed by atoms with Gasteiger partial charge >= 0.3 is 12.2 Å². The van der Waals surface area contributed by atoms with E-state index in [1.807, 2.05) is 57.4 Å². The molecule has 254 valence electrons. The van der Waals surface area contributed by atoms with E-state index < -0.39 is 11.2 Å². The number of benzene rings is 2. The topological polar surface area (TPSA) is 79.8 Å². The van der Waals surface area contributed by atoms with E-state index in [0.29, 0.717) is 11.8 Å². The number of fused-ring (bicyclic) bond motifs is 2. The van der Waals surface area contributed by atoms with Gasteiger partial charge in [-0.1, -0.05) is 31.9 Å². The summed E-state index contributed by atoms with van der Waals surface area (Å²) in [4.78, 5) is 31.4. The highest BCUT2D eigenvalue weighted by molar-refractivity contribution is 9.10. The zero-order valence-electron chi connectivity index (χ0n) is 28.7. The van der Waals surface area contributed by atoms with E-state index in [1.165, 1.54) is 27.4 Å². The van der Waals surface area contributed by atoms with Gasteiger partial charge in [-0.05, 0) is 127 Å². The van der Waals surface area contributed by atoms with Crippen molar-refractivity contribution in [1.82, 2.24) is 19.4 Å². The van der Waals surface area contributed by atoms with Crippen LogP contribution in [0.4, 0.5) is 9.59 Å². The van der Waals surface area contributed by atoms with Gasteiger partial charge in [0, 0.05) is 76.4 Å². The minimum absolute atomic E-state index is 0.193. The van der Waals surface area contributed by atoms with Crippen molar-refractivity contribution in [2.75, 3.05) is 26.2 Å². The smallest absolute Gasteiger partial charge is 0.410 e. The molecule has 4 aromatic rings. The monoisotopic (exact) mass is 770 g/mol. The molecule has 2 aromatic heterocycles. The van der Waals surface area contributed by atoms with Crippen LogP contribution in [0.5, 0.6) is 0 Å². The van der Waals surface area contributed by atoms with Gasteiger partial charge in [0.25, 0.3) is 0 Å². The van der Waals surface area contributed by atoms with Crippen LogP contribution in [0.1, 0.15) is 90.2 Å². The first-order chi connectivity index (χ1) is 22.1. The Bertz CT molecular complexity index is 1720. The quantitative estimate of drug-likeness (QED) is 0.220. The van der Waals surface area contributed by atoms with Crippen molar-refractivity contribution in [3.8, 4) is 0 Å². The molecule has 0 bridgehead atoms. The minimum atomic E-state index is -0.435. The number of halogens is 2. The first-order valence-corrected chi connectivity index (χ1v) is 18.1. The second kappa shape index (κ2) is 14.2. The zero-order valence-corrected chi connectivity index (χ0v) is 31.8. The number of amides is 2. The number of hydrogen-bond acceptors (Lipinski definition) is 4. The fraction of sp³-hybridized carbons (Fsp3) is 0.514. The van der Waals surface area contributed by atoms with Crippen LogP contribution < -0.4 is 0 Å². The molecule has 8 nitrogen and oxygen atoms in total. The fourth-order valence-electron chi connectivity index (χ4n) is 6.57. The van der Waals surface area contributed by atoms with Gasteiger partial charge in [0.1, 0.15) is 11.2 Å². The maximum absolute atomic E-state index is 12.2. The summed E-state index contributed by atoms with van der Waals surface area (Å²) >= 11 is 7.13. The zero-order chi connectivity index (χ0) is 34.1. The predicted octanol–water partition coefficient (Wildman–Crippen LogP) is 10.1. The first kappa shape index (κ1) is 35.3. The van der Waals surface area contributed by atoms with Gasteiger partial charge in [-0.3, -0.25) is 0 Å². The molecule has 1 N–H and O–H groups in total. The second-order valence-corrected chi connectivity index (χ2v) is 16.6. The molecular weight excluding hydrogens is 724 g/mol. The Labute approximate surface area is 295 Å². The van der Waals surface area contributed by atoms with Crippen LogP contribution in [0.3, 0.4) is 0 Å². The molecule has 2 fully saturated rings. The number of H-pyrrole nitrogens is 1. The molecule has 2 aliphatic rings. The molecule has 47 heavy (non-hydrogen) atoms. The number of hydrogen-bond donors (Lipinski definition) is 1. The normalized spacial score (nSPS) is 16.7. The lowest BCUT2D eigenvalue weighted by Gasteiger charge is -2.33. The molecule has 0 aliphatic carbocycles. The predicted molar refractivity (Wildman–Crippen MR) is 196 cm³/mol. The third-order valence-electron chi connectivity index (χ3n) is 8.83. The molecule has 2 saturated heterocycles. The Balaban J connectivity index is 0.000000185. The largest absolute Gasteiger partial charge is 0.444 e. The minimum Gasteiger partial charge on any atom is -0.444 e. The van der Waals surface area contributed by atoms with Crippen molar-refractivity contribution in [1.29, 1.82) is 0 Å². The molecule has 0 spiro atoms. The van der Waals surface area contributed by atoms with E-state index in [1.54, 1.807) is 0 Å². The van der Waals surface area contributed by atoms with E-state index in [4.69, 9.17) is 9.47 Å². The van der Waals surface area contributed by atoms with E-state index in [0.717, 1.165) is 66.3 Å². The number of piperidine rings is 2. The molecule has 0 atom stereocenters. The molecule has 6 rings (SSSR count). The van der Waals surface area contributed by atoms with Crippen LogP contribution in [-0.2, 0) is 16.5 Å². The van der Waals surface area contributed by atoms with Crippen LogP contribution in [0.2, 0.25) is 0 Å². The van der Waals surface area contributed by atoms with Crippen LogP contribution in [0, 0.1) is 0 Å².